The summed E-state index contributed by atoms with van der Waals surface area (Å²) in [4.78, 5) is 0. The van der Waals surface area contributed by atoms with Crippen molar-refractivity contribution in [3.63, 3.8) is 0 Å². The number of aryl methyl sites for hydroxylation is 4. The molecule has 0 fully saturated rings. The van der Waals surface area contributed by atoms with E-state index < -0.39 is 0 Å². The third-order valence-corrected chi connectivity index (χ3v) is 19.0. The zero-order valence-electron chi connectivity index (χ0n) is 51.3. The molecular formula is C86H71N3. The fourth-order valence-electron chi connectivity index (χ4n) is 15.0. The first kappa shape index (κ1) is 54.2. The smallest absolute Gasteiger partial charge is 0.0541 e. The predicted molar refractivity (Wildman–Crippen MR) is 382 cm³/mol. The lowest BCUT2D eigenvalue weighted by Crippen LogP contribution is -1.95. The van der Waals surface area contributed by atoms with E-state index in [0.717, 1.165) is 57.1 Å². The van der Waals surface area contributed by atoms with E-state index >= 15 is 0 Å². The molecule has 0 spiro atoms. The van der Waals surface area contributed by atoms with Crippen LogP contribution in [-0.4, -0.2) is 13.7 Å². The monoisotopic (exact) mass is 1150 g/mol. The molecule has 0 bridgehead atoms. The van der Waals surface area contributed by atoms with Gasteiger partial charge in [-0.2, -0.15) is 0 Å². The van der Waals surface area contributed by atoms with Crippen LogP contribution in [-0.2, 0) is 25.7 Å². The summed E-state index contributed by atoms with van der Waals surface area (Å²) in [5, 5.41) is 12.8. The topological polar surface area (TPSA) is 14.8 Å². The predicted octanol–water partition coefficient (Wildman–Crippen LogP) is 23.8. The molecule has 430 valence electrons. The Balaban J connectivity index is 0.822. The minimum Gasteiger partial charge on any atom is -0.309 e. The van der Waals surface area contributed by atoms with Crippen molar-refractivity contribution in [3.8, 4) is 61.6 Å². The van der Waals surface area contributed by atoms with Gasteiger partial charge in [-0.25, -0.2) is 0 Å². The number of benzene rings is 13. The maximum atomic E-state index is 2.48. The normalized spacial score (nSPS) is 12.0. The molecule has 3 heterocycles. The summed E-state index contributed by atoms with van der Waals surface area (Å²) in [7, 11) is 0. The van der Waals surface area contributed by atoms with Gasteiger partial charge in [-0.05, 0) is 223 Å². The quantitative estimate of drug-likeness (QED) is 0.0909. The van der Waals surface area contributed by atoms with Crippen LogP contribution in [0.1, 0.15) is 75.6 Å². The first-order valence-electron chi connectivity index (χ1n) is 32.5. The maximum Gasteiger partial charge on any atom is 0.0541 e. The van der Waals surface area contributed by atoms with E-state index in [-0.39, 0.29) is 0 Å². The summed E-state index contributed by atoms with van der Waals surface area (Å²) < 4.78 is 7.41. The second-order valence-electron chi connectivity index (χ2n) is 24.7. The van der Waals surface area contributed by atoms with Crippen LogP contribution in [0.15, 0.2) is 261 Å². The van der Waals surface area contributed by atoms with Crippen LogP contribution < -0.4 is 0 Å². The van der Waals surface area contributed by atoms with Crippen molar-refractivity contribution < 1.29 is 0 Å². The average Bonchev–Trinajstić information content (AvgIpc) is 1.84. The lowest BCUT2D eigenvalue weighted by atomic mass is 9.86. The van der Waals surface area contributed by atoms with E-state index in [9.17, 15) is 0 Å². The molecule has 0 atom stereocenters. The lowest BCUT2D eigenvalue weighted by molar-refractivity contribution is 0.923. The molecule has 3 heteroatoms. The van der Waals surface area contributed by atoms with Gasteiger partial charge in [-0.1, -0.05) is 205 Å². The minimum atomic E-state index is 1.08. The van der Waals surface area contributed by atoms with Gasteiger partial charge < -0.3 is 13.7 Å². The molecule has 0 saturated carbocycles. The molecule has 0 radical (unpaired) electrons. The Kier molecular flexibility index (Phi) is 13.7. The highest BCUT2D eigenvalue weighted by molar-refractivity contribution is 6.22. The molecule has 16 aromatic rings. The zero-order valence-corrected chi connectivity index (χ0v) is 51.3. The number of fused-ring (bicyclic) bond motifs is 11. The van der Waals surface area contributed by atoms with Crippen LogP contribution >= 0.6 is 0 Å². The Morgan fingerprint density at radius 3 is 0.753 bits per heavy atom. The highest BCUT2D eigenvalue weighted by atomic mass is 15.0. The molecule has 3 aromatic heterocycles. The second-order valence-corrected chi connectivity index (χ2v) is 24.7. The molecule has 0 aliphatic rings. The molecule has 89 heavy (non-hydrogen) atoms. The minimum absolute atomic E-state index is 1.08. The summed E-state index contributed by atoms with van der Waals surface area (Å²) in [6, 6.07) is 99.3. The molecule has 0 unspecified atom stereocenters. The molecular weight excluding hydrogens is 1070 g/mol. The largest absolute Gasteiger partial charge is 0.309 e. The van der Waals surface area contributed by atoms with Gasteiger partial charge in [-0.15, -0.1) is 0 Å². The molecule has 3 nitrogen and oxygen atoms in total. The first-order valence-corrected chi connectivity index (χ1v) is 32.5. The summed E-state index contributed by atoms with van der Waals surface area (Å²) in [5.41, 5.74) is 26.2. The average molecular weight is 1150 g/mol. The van der Waals surface area contributed by atoms with Gasteiger partial charge in [0.1, 0.15) is 0 Å². The molecule has 0 amide bonds. The van der Waals surface area contributed by atoms with E-state index in [1.165, 1.54) is 165 Å². The van der Waals surface area contributed by atoms with Gasteiger partial charge in [0, 0.05) is 49.4 Å². The fraction of sp³-hybridized carbons (Fsp3) is 0.140. The zero-order chi connectivity index (χ0) is 59.7. The summed E-state index contributed by atoms with van der Waals surface area (Å²) in [6.07, 6.45) is 8.86. The van der Waals surface area contributed by atoms with Crippen molar-refractivity contribution in [2.45, 2.75) is 79.1 Å². The Labute approximate surface area is 521 Å². The van der Waals surface area contributed by atoms with E-state index in [4.69, 9.17) is 0 Å². The van der Waals surface area contributed by atoms with Crippen LogP contribution in [0.25, 0.3) is 149 Å². The third kappa shape index (κ3) is 9.25. The summed E-state index contributed by atoms with van der Waals surface area (Å²) >= 11 is 0. The van der Waals surface area contributed by atoms with Gasteiger partial charge in [-0.3, -0.25) is 0 Å². The maximum absolute atomic E-state index is 2.48. The number of hydrogen-bond donors (Lipinski definition) is 0. The van der Waals surface area contributed by atoms with Crippen LogP contribution in [0.2, 0.25) is 0 Å². The van der Waals surface area contributed by atoms with Crippen molar-refractivity contribution in [2.75, 3.05) is 0 Å². The van der Waals surface area contributed by atoms with Gasteiger partial charge in [0.05, 0.1) is 33.1 Å². The lowest BCUT2D eigenvalue weighted by Gasteiger charge is -2.18. The van der Waals surface area contributed by atoms with Gasteiger partial charge in [0.25, 0.3) is 0 Å². The van der Waals surface area contributed by atoms with Crippen LogP contribution in [0, 0.1) is 0 Å². The molecule has 0 aliphatic carbocycles. The summed E-state index contributed by atoms with van der Waals surface area (Å²) in [6.45, 7) is 9.08. The molecule has 0 saturated heterocycles. The first-order chi connectivity index (χ1) is 43.9. The Morgan fingerprint density at radius 1 is 0.202 bits per heavy atom. The SMILES string of the molecule is CCCc1ccc2c(c1)c1cc(CCC)ccc1n2-c1ccc(-c2ccc3c(c2)c2cc(-c4ccc(-n5c6ccc(CCC)cc6c6cc(CCC)ccc65)cc4)ccc2n3-c2ccc(-c3c4ccccc4c(-c4ccccc4)c4ccccc34)cc2)cc1. The third-order valence-electron chi connectivity index (χ3n) is 19.0. The van der Waals surface area contributed by atoms with Gasteiger partial charge in [0.15, 0.2) is 0 Å². The highest BCUT2D eigenvalue weighted by Crippen LogP contribution is 2.45. The van der Waals surface area contributed by atoms with E-state index in [1.807, 2.05) is 0 Å². The van der Waals surface area contributed by atoms with E-state index in [0.29, 0.717) is 0 Å². The van der Waals surface area contributed by atoms with Gasteiger partial charge in [0.2, 0.25) is 0 Å². The summed E-state index contributed by atoms with van der Waals surface area (Å²) in [5.74, 6) is 0. The van der Waals surface area contributed by atoms with E-state index in [1.54, 1.807) is 0 Å². The van der Waals surface area contributed by atoms with Crippen molar-refractivity contribution >= 4 is 87.0 Å². The molecule has 13 aromatic carbocycles. The number of aromatic nitrogens is 3. The van der Waals surface area contributed by atoms with Gasteiger partial charge >= 0.3 is 0 Å². The number of rotatable bonds is 15. The van der Waals surface area contributed by atoms with Crippen LogP contribution in [0.3, 0.4) is 0 Å². The second kappa shape index (κ2) is 22.5. The highest BCUT2D eigenvalue weighted by Gasteiger charge is 2.21. The van der Waals surface area contributed by atoms with Crippen molar-refractivity contribution in [2.24, 2.45) is 0 Å². The standard InChI is InChI=1S/C86H71N3/c1-5-16-56-26-44-79-73(50-56)74-51-57(17-6-2)27-45-80(74)87(79)66-38-30-60(31-39-66)64-36-48-83-77(54-64)78-55-65(61-32-40-67(41-33-61)88-81-46-28-58(18-7-3)52-75(81)76-53-59(19-8-4)29-47-82(76)88)37-49-84(78)89(83)68-42-34-63(35-43-68)86-71-24-14-12-22-69(71)85(62-20-10-9-11-21-62)70-23-13-15-25-72(70)86/h9-15,20-55H,5-8,16-19H2,1-4H3. The molecule has 16 rings (SSSR count). The molecule has 0 aliphatic heterocycles. The van der Waals surface area contributed by atoms with Crippen LogP contribution in [0.5, 0.6) is 0 Å². The van der Waals surface area contributed by atoms with Crippen molar-refractivity contribution in [3.05, 3.63) is 283 Å². The number of hydrogen-bond acceptors (Lipinski definition) is 0. The Morgan fingerprint density at radius 2 is 0.449 bits per heavy atom. The molecule has 0 N–H and O–H groups in total. The van der Waals surface area contributed by atoms with Crippen molar-refractivity contribution in [1.29, 1.82) is 0 Å². The van der Waals surface area contributed by atoms with Crippen molar-refractivity contribution in [1.82, 2.24) is 13.7 Å². The number of nitrogens with zero attached hydrogens (tertiary/aromatic N) is 3. The Hall–Kier alpha value is -10.2. The van der Waals surface area contributed by atoms with Crippen LogP contribution in [0.4, 0.5) is 0 Å². The Bertz CT molecular complexity index is 4960. The fourth-order valence-corrected chi connectivity index (χ4v) is 15.0. The van der Waals surface area contributed by atoms with E-state index in [2.05, 4.69) is 302 Å².